The molecule has 6 nitrogen and oxygen atoms in total. The lowest BCUT2D eigenvalue weighted by Gasteiger charge is -2.33. The van der Waals surface area contributed by atoms with Crippen LogP contribution in [0.25, 0.3) is 6.08 Å². The molecule has 3 aliphatic heterocycles. The highest BCUT2D eigenvalue weighted by atomic mass is 35.5. The number of ketones is 1. The Morgan fingerprint density at radius 2 is 2.10 bits per heavy atom. The molecule has 0 aromatic heterocycles. The Hall–Kier alpha value is -2.35. The van der Waals surface area contributed by atoms with Crippen LogP contribution in [0.2, 0.25) is 5.02 Å². The highest BCUT2D eigenvalue weighted by molar-refractivity contribution is 7.91. The van der Waals surface area contributed by atoms with Gasteiger partial charge in [-0.3, -0.25) is 9.69 Å². The number of hydrogen-bond acceptors (Lipinski definition) is 6. The average molecular weight is 446 g/mol. The minimum Gasteiger partial charge on any atom is -0.478 e. The number of ether oxygens (including phenoxy) is 2. The number of rotatable bonds is 2. The van der Waals surface area contributed by atoms with E-state index in [1.807, 2.05) is 30.0 Å². The standard InChI is InChI=1S/C22H20ClNO5S/c1-13-7-18-17(10-24(12-28-18)16-5-6-30(26,27)11-16)22-20(13)21(25)19(29-22)9-14-3-2-4-15(23)8-14/h2-4,7-9,16H,5-6,10-12H2,1H3/b19-9-. The molecule has 30 heavy (non-hydrogen) atoms. The molecule has 3 heterocycles. The maximum absolute atomic E-state index is 13.1. The first kappa shape index (κ1) is 19.6. The molecular formula is C22H20ClNO5S. The molecule has 8 heteroatoms. The van der Waals surface area contributed by atoms with Gasteiger partial charge in [-0.05, 0) is 48.7 Å². The molecular weight excluding hydrogens is 426 g/mol. The van der Waals surface area contributed by atoms with Gasteiger partial charge in [0.05, 0.1) is 22.6 Å². The van der Waals surface area contributed by atoms with Crippen molar-refractivity contribution in [3.8, 4) is 11.5 Å². The summed E-state index contributed by atoms with van der Waals surface area (Å²) in [4.78, 5) is 15.1. The lowest BCUT2D eigenvalue weighted by molar-refractivity contribution is 0.0633. The molecule has 0 radical (unpaired) electrons. The number of nitrogens with zero attached hydrogens (tertiary/aromatic N) is 1. The first-order valence-electron chi connectivity index (χ1n) is 9.74. The molecule has 5 rings (SSSR count). The number of aryl methyl sites for hydroxylation is 1. The lowest BCUT2D eigenvalue weighted by Crippen LogP contribution is -2.41. The van der Waals surface area contributed by atoms with Gasteiger partial charge in [0.1, 0.15) is 18.2 Å². The zero-order valence-electron chi connectivity index (χ0n) is 16.4. The quantitative estimate of drug-likeness (QED) is 0.657. The summed E-state index contributed by atoms with van der Waals surface area (Å²) in [6.45, 7) is 2.67. The highest BCUT2D eigenvalue weighted by Gasteiger charge is 2.39. The van der Waals surface area contributed by atoms with Gasteiger partial charge in [0.2, 0.25) is 5.78 Å². The summed E-state index contributed by atoms with van der Waals surface area (Å²) >= 11 is 6.05. The van der Waals surface area contributed by atoms with Crippen molar-refractivity contribution in [1.29, 1.82) is 0 Å². The van der Waals surface area contributed by atoms with E-state index in [4.69, 9.17) is 21.1 Å². The van der Waals surface area contributed by atoms with Gasteiger partial charge in [0.25, 0.3) is 0 Å². The van der Waals surface area contributed by atoms with E-state index in [9.17, 15) is 13.2 Å². The van der Waals surface area contributed by atoms with Crippen molar-refractivity contribution in [2.24, 2.45) is 0 Å². The minimum absolute atomic E-state index is 0.0846. The van der Waals surface area contributed by atoms with Crippen molar-refractivity contribution in [3.05, 3.63) is 63.4 Å². The van der Waals surface area contributed by atoms with Gasteiger partial charge in [-0.15, -0.1) is 0 Å². The number of Topliss-reactive ketones (excluding diaryl/α,β-unsaturated/α-hetero) is 1. The van der Waals surface area contributed by atoms with E-state index in [1.54, 1.807) is 18.2 Å². The van der Waals surface area contributed by atoms with Crippen molar-refractivity contribution >= 4 is 33.3 Å². The minimum atomic E-state index is -3.00. The first-order valence-corrected chi connectivity index (χ1v) is 11.9. The Labute approximate surface area is 180 Å². The zero-order valence-corrected chi connectivity index (χ0v) is 17.9. The van der Waals surface area contributed by atoms with E-state index in [1.165, 1.54) is 0 Å². The van der Waals surface area contributed by atoms with Gasteiger partial charge in [-0.25, -0.2) is 8.42 Å². The predicted molar refractivity (Wildman–Crippen MR) is 114 cm³/mol. The maximum Gasteiger partial charge on any atom is 0.232 e. The topological polar surface area (TPSA) is 72.9 Å². The van der Waals surface area contributed by atoms with Gasteiger partial charge in [0.15, 0.2) is 15.6 Å². The van der Waals surface area contributed by atoms with Gasteiger partial charge in [0, 0.05) is 17.6 Å². The number of carbonyl (C=O) groups is 1. The van der Waals surface area contributed by atoms with Crippen LogP contribution in [0.4, 0.5) is 0 Å². The van der Waals surface area contributed by atoms with Crippen LogP contribution in [0.3, 0.4) is 0 Å². The van der Waals surface area contributed by atoms with E-state index < -0.39 is 9.84 Å². The second-order valence-electron chi connectivity index (χ2n) is 7.95. The lowest BCUT2D eigenvalue weighted by atomic mass is 9.98. The van der Waals surface area contributed by atoms with Gasteiger partial charge >= 0.3 is 0 Å². The van der Waals surface area contributed by atoms with Gasteiger partial charge in [-0.1, -0.05) is 23.7 Å². The molecule has 2 aromatic rings. The number of benzene rings is 2. The van der Waals surface area contributed by atoms with Crippen LogP contribution >= 0.6 is 11.6 Å². The van der Waals surface area contributed by atoms with E-state index in [2.05, 4.69) is 0 Å². The third-order valence-corrected chi connectivity index (χ3v) is 7.81. The summed E-state index contributed by atoms with van der Waals surface area (Å²) in [5, 5.41) is 0.580. The van der Waals surface area contributed by atoms with Gasteiger partial charge in [-0.2, -0.15) is 0 Å². The normalized spacial score (nSPS) is 23.7. The Kier molecular flexibility index (Phi) is 4.65. The Balaban J connectivity index is 1.50. The Bertz CT molecular complexity index is 1200. The third kappa shape index (κ3) is 3.41. The van der Waals surface area contributed by atoms with E-state index in [0.717, 1.165) is 16.7 Å². The molecule has 1 atom stereocenters. The van der Waals surface area contributed by atoms with Crippen molar-refractivity contribution in [2.75, 3.05) is 18.2 Å². The number of allylic oxidation sites excluding steroid dienone is 1. The molecule has 0 N–H and O–H groups in total. The molecule has 3 aliphatic rings. The summed E-state index contributed by atoms with van der Waals surface area (Å²) in [5.41, 5.74) is 2.89. The van der Waals surface area contributed by atoms with Crippen LogP contribution in [0.5, 0.6) is 11.5 Å². The summed E-state index contributed by atoms with van der Waals surface area (Å²) < 4.78 is 35.7. The fourth-order valence-corrected chi connectivity index (χ4v) is 6.25. The summed E-state index contributed by atoms with van der Waals surface area (Å²) in [6, 6.07) is 8.98. The maximum atomic E-state index is 13.1. The third-order valence-electron chi connectivity index (χ3n) is 5.82. The summed E-state index contributed by atoms with van der Waals surface area (Å²) in [5.74, 6) is 1.60. The number of sulfone groups is 1. The monoisotopic (exact) mass is 445 g/mol. The Morgan fingerprint density at radius 3 is 2.83 bits per heavy atom. The second-order valence-corrected chi connectivity index (χ2v) is 10.6. The summed E-state index contributed by atoms with van der Waals surface area (Å²) in [7, 11) is -3.00. The number of fused-ring (bicyclic) bond motifs is 3. The molecule has 0 saturated carbocycles. The van der Waals surface area contributed by atoms with Crippen LogP contribution in [0, 0.1) is 6.92 Å². The molecule has 0 aliphatic carbocycles. The zero-order chi connectivity index (χ0) is 21.0. The van der Waals surface area contributed by atoms with Crippen LogP contribution in [-0.2, 0) is 16.4 Å². The molecule has 1 unspecified atom stereocenters. The average Bonchev–Trinajstić information content (AvgIpc) is 3.22. The van der Waals surface area contributed by atoms with E-state index >= 15 is 0 Å². The van der Waals surface area contributed by atoms with Crippen molar-refractivity contribution in [2.45, 2.75) is 25.9 Å². The molecule has 2 aromatic carbocycles. The second kappa shape index (κ2) is 7.11. The number of carbonyl (C=O) groups excluding carboxylic acids is 1. The van der Waals surface area contributed by atoms with Crippen molar-refractivity contribution < 1.29 is 22.7 Å². The molecule has 0 spiro atoms. The number of hydrogen-bond donors (Lipinski definition) is 0. The van der Waals surface area contributed by atoms with E-state index in [0.29, 0.717) is 41.8 Å². The first-order chi connectivity index (χ1) is 14.3. The van der Waals surface area contributed by atoms with Crippen LogP contribution < -0.4 is 9.47 Å². The van der Waals surface area contributed by atoms with Gasteiger partial charge < -0.3 is 9.47 Å². The van der Waals surface area contributed by atoms with Crippen molar-refractivity contribution in [3.63, 3.8) is 0 Å². The van der Waals surface area contributed by atoms with Crippen LogP contribution in [-0.4, -0.2) is 43.4 Å². The molecule has 156 valence electrons. The molecule has 0 amide bonds. The largest absolute Gasteiger partial charge is 0.478 e. The predicted octanol–water partition coefficient (Wildman–Crippen LogP) is 3.60. The Morgan fingerprint density at radius 1 is 1.27 bits per heavy atom. The molecule has 0 bridgehead atoms. The molecule has 1 saturated heterocycles. The van der Waals surface area contributed by atoms with Crippen LogP contribution in [0.15, 0.2) is 36.1 Å². The fourth-order valence-electron chi connectivity index (χ4n) is 4.29. The number of halogens is 1. The van der Waals surface area contributed by atoms with Crippen LogP contribution in [0.1, 0.15) is 33.5 Å². The van der Waals surface area contributed by atoms with Crippen molar-refractivity contribution in [1.82, 2.24) is 4.90 Å². The fraction of sp³-hybridized carbons (Fsp3) is 0.318. The highest BCUT2D eigenvalue weighted by Crippen LogP contribution is 2.44. The SMILES string of the molecule is Cc1cc2c(c3c1C(=O)/C(=C/c1cccc(Cl)c1)O3)CN(C1CCS(=O)(=O)C1)CO2. The van der Waals surface area contributed by atoms with E-state index in [-0.39, 0.29) is 29.1 Å². The summed E-state index contributed by atoms with van der Waals surface area (Å²) in [6.07, 6.45) is 2.28. The molecule has 1 fully saturated rings. The smallest absolute Gasteiger partial charge is 0.232 e.